The summed E-state index contributed by atoms with van der Waals surface area (Å²) < 4.78 is 0. The molecule has 0 saturated carbocycles. The third kappa shape index (κ3) is 3.33. The van der Waals surface area contributed by atoms with E-state index in [2.05, 4.69) is 0 Å². The number of fused-ring (bicyclic) bond motifs is 3. The number of carbonyl (C=O) groups is 4. The van der Waals surface area contributed by atoms with Crippen LogP contribution in [0.5, 0.6) is 0 Å². The van der Waals surface area contributed by atoms with Gasteiger partial charge >= 0.3 is 0 Å². The minimum absolute atomic E-state index is 0.0458. The zero-order chi connectivity index (χ0) is 21.3. The molecule has 0 spiro atoms. The van der Waals surface area contributed by atoms with Crippen LogP contribution in [-0.2, 0) is 6.42 Å². The molecule has 0 aliphatic heterocycles. The Morgan fingerprint density at radius 2 is 0.967 bits per heavy atom. The van der Waals surface area contributed by atoms with E-state index in [1.807, 2.05) is 19.1 Å². The number of hydrogen-bond acceptors (Lipinski definition) is 4. The maximum absolute atomic E-state index is 12.4. The van der Waals surface area contributed by atoms with Crippen LogP contribution in [0.15, 0.2) is 78.9 Å². The van der Waals surface area contributed by atoms with Crippen molar-refractivity contribution in [3.05, 3.63) is 118 Å². The number of ketones is 4. The van der Waals surface area contributed by atoms with Gasteiger partial charge in [-0.25, -0.2) is 0 Å². The number of aryl methyl sites for hydroxylation is 1. The van der Waals surface area contributed by atoms with Gasteiger partial charge in [-0.3, -0.25) is 19.2 Å². The quantitative estimate of drug-likeness (QED) is 0.471. The average molecular weight is 394 g/mol. The second-order valence-electron chi connectivity index (χ2n) is 7.04. The topological polar surface area (TPSA) is 68.3 Å². The molecule has 0 saturated heterocycles. The molecule has 146 valence electrons. The molecule has 5 rings (SSSR count). The van der Waals surface area contributed by atoms with Gasteiger partial charge in [0.2, 0.25) is 0 Å². The Hall–Kier alpha value is -3.92. The van der Waals surface area contributed by atoms with Gasteiger partial charge in [-0.05, 0) is 30.2 Å². The van der Waals surface area contributed by atoms with E-state index in [-0.39, 0.29) is 23.1 Å². The number of allylic oxidation sites excluding steroid dienone is 2. The van der Waals surface area contributed by atoms with Crippen molar-refractivity contribution in [3.8, 4) is 0 Å². The van der Waals surface area contributed by atoms with E-state index in [0.29, 0.717) is 33.4 Å². The Labute approximate surface area is 173 Å². The van der Waals surface area contributed by atoms with Gasteiger partial charge in [0, 0.05) is 33.4 Å². The lowest BCUT2D eigenvalue weighted by Gasteiger charge is -2.17. The highest BCUT2D eigenvalue weighted by molar-refractivity contribution is 6.28. The van der Waals surface area contributed by atoms with Gasteiger partial charge in [-0.1, -0.05) is 67.6 Å². The summed E-state index contributed by atoms with van der Waals surface area (Å²) >= 11 is 0. The van der Waals surface area contributed by atoms with Crippen LogP contribution in [0.4, 0.5) is 0 Å². The standard InChI is InChI=1S/C16H12O2.C10H6O2/c1-2-10-7-8-13-14(9-10)16(18)12-6-4-3-5-11(12)15(13)17;11-9-5-6-10(12)8-4-2-1-3-7(8)9/h3-9H,2H2,1H3;1-6H. The van der Waals surface area contributed by atoms with E-state index in [1.54, 1.807) is 54.6 Å². The molecule has 0 unspecified atom stereocenters. The summed E-state index contributed by atoms with van der Waals surface area (Å²) in [6, 6.07) is 19.4. The number of benzene rings is 3. The molecule has 0 aromatic heterocycles. The van der Waals surface area contributed by atoms with Crippen molar-refractivity contribution < 1.29 is 19.2 Å². The smallest absolute Gasteiger partial charge is 0.194 e. The van der Waals surface area contributed by atoms with Crippen LogP contribution in [0.2, 0.25) is 0 Å². The predicted octanol–water partition coefficient (Wildman–Crippen LogP) is 4.65. The molecule has 2 aliphatic carbocycles. The van der Waals surface area contributed by atoms with Gasteiger partial charge in [0.15, 0.2) is 23.1 Å². The van der Waals surface area contributed by atoms with E-state index in [4.69, 9.17) is 0 Å². The lowest BCUT2D eigenvalue weighted by Crippen LogP contribution is -2.20. The second-order valence-corrected chi connectivity index (χ2v) is 7.04. The fourth-order valence-corrected chi connectivity index (χ4v) is 3.61. The molecule has 0 heterocycles. The van der Waals surface area contributed by atoms with E-state index in [9.17, 15) is 19.2 Å². The Morgan fingerprint density at radius 1 is 0.533 bits per heavy atom. The molecule has 0 bridgehead atoms. The van der Waals surface area contributed by atoms with Crippen LogP contribution < -0.4 is 0 Å². The molecule has 0 amide bonds. The Bertz CT molecular complexity index is 1210. The number of rotatable bonds is 1. The van der Waals surface area contributed by atoms with Gasteiger partial charge in [0.25, 0.3) is 0 Å². The lowest BCUT2D eigenvalue weighted by atomic mass is 9.83. The maximum Gasteiger partial charge on any atom is 0.194 e. The monoisotopic (exact) mass is 394 g/mol. The minimum Gasteiger partial charge on any atom is -0.289 e. The van der Waals surface area contributed by atoms with Crippen molar-refractivity contribution in [2.75, 3.05) is 0 Å². The summed E-state index contributed by atoms with van der Waals surface area (Å²) in [5.74, 6) is -0.284. The first-order valence-corrected chi connectivity index (χ1v) is 9.68. The van der Waals surface area contributed by atoms with Crippen molar-refractivity contribution in [1.29, 1.82) is 0 Å². The maximum atomic E-state index is 12.4. The van der Waals surface area contributed by atoms with Crippen LogP contribution in [0.25, 0.3) is 0 Å². The molecule has 3 aromatic carbocycles. The molecule has 0 fully saturated rings. The fourth-order valence-electron chi connectivity index (χ4n) is 3.61. The van der Waals surface area contributed by atoms with E-state index < -0.39 is 0 Å². The predicted molar refractivity (Wildman–Crippen MR) is 113 cm³/mol. The van der Waals surface area contributed by atoms with Crippen LogP contribution in [0.3, 0.4) is 0 Å². The molecule has 0 radical (unpaired) electrons. The van der Waals surface area contributed by atoms with Gasteiger partial charge in [0.1, 0.15) is 0 Å². The van der Waals surface area contributed by atoms with E-state index in [0.717, 1.165) is 12.0 Å². The largest absolute Gasteiger partial charge is 0.289 e. The summed E-state index contributed by atoms with van der Waals surface area (Å²) in [6.07, 6.45) is 3.48. The Morgan fingerprint density at radius 3 is 1.47 bits per heavy atom. The highest BCUT2D eigenvalue weighted by atomic mass is 16.1. The second kappa shape index (κ2) is 7.84. The highest BCUT2D eigenvalue weighted by Crippen LogP contribution is 2.27. The van der Waals surface area contributed by atoms with Crippen molar-refractivity contribution in [1.82, 2.24) is 0 Å². The molecule has 4 heteroatoms. The lowest BCUT2D eigenvalue weighted by molar-refractivity contribution is 0.0979. The van der Waals surface area contributed by atoms with Crippen LogP contribution >= 0.6 is 0 Å². The third-order valence-electron chi connectivity index (χ3n) is 5.24. The van der Waals surface area contributed by atoms with Crippen molar-refractivity contribution in [2.24, 2.45) is 0 Å². The van der Waals surface area contributed by atoms with Crippen molar-refractivity contribution in [2.45, 2.75) is 13.3 Å². The summed E-state index contributed by atoms with van der Waals surface area (Å²) in [4.78, 5) is 47.1. The van der Waals surface area contributed by atoms with Gasteiger partial charge in [0.05, 0.1) is 0 Å². The van der Waals surface area contributed by atoms with Crippen LogP contribution in [0.1, 0.15) is 65.0 Å². The molecular formula is C26H18O4. The fraction of sp³-hybridized carbons (Fsp3) is 0.0769. The van der Waals surface area contributed by atoms with Gasteiger partial charge in [-0.2, -0.15) is 0 Å². The Kier molecular flexibility index (Phi) is 5.07. The molecule has 30 heavy (non-hydrogen) atoms. The Balaban J connectivity index is 0.000000158. The summed E-state index contributed by atoms with van der Waals surface area (Å²) in [6.45, 7) is 2.03. The van der Waals surface area contributed by atoms with Crippen molar-refractivity contribution >= 4 is 23.1 Å². The van der Waals surface area contributed by atoms with Crippen LogP contribution in [0, 0.1) is 0 Å². The average Bonchev–Trinajstić information content (AvgIpc) is 2.80. The van der Waals surface area contributed by atoms with Crippen molar-refractivity contribution in [3.63, 3.8) is 0 Å². The van der Waals surface area contributed by atoms with E-state index in [1.165, 1.54) is 12.2 Å². The minimum atomic E-state index is -0.0924. The zero-order valence-corrected chi connectivity index (χ0v) is 16.3. The normalized spacial score (nSPS) is 13.8. The van der Waals surface area contributed by atoms with E-state index >= 15 is 0 Å². The first-order valence-electron chi connectivity index (χ1n) is 9.68. The van der Waals surface area contributed by atoms with Gasteiger partial charge < -0.3 is 0 Å². The molecule has 3 aromatic rings. The summed E-state index contributed by atoms with van der Waals surface area (Å²) in [5.41, 5.74) is 4.18. The van der Waals surface area contributed by atoms with Crippen LogP contribution in [-0.4, -0.2) is 23.1 Å². The number of carbonyl (C=O) groups excluding carboxylic acids is 4. The highest BCUT2D eigenvalue weighted by Gasteiger charge is 2.29. The number of hydrogen-bond donors (Lipinski definition) is 0. The summed E-state index contributed by atoms with van der Waals surface area (Å²) in [5, 5.41) is 0. The summed E-state index contributed by atoms with van der Waals surface area (Å²) in [7, 11) is 0. The molecule has 2 aliphatic rings. The molecule has 0 atom stereocenters. The first-order chi connectivity index (χ1) is 14.5. The molecule has 0 N–H and O–H groups in total. The first kappa shape index (κ1) is 19.4. The third-order valence-corrected chi connectivity index (χ3v) is 5.24. The zero-order valence-electron chi connectivity index (χ0n) is 16.3. The SMILES string of the molecule is CCc1ccc2c(c1)C(=O)c1ccccc1C2=O.O=C1C=CC(=O)c2ccccc21. The van der Waals surface area contributed by atoms with Gasteiger partial charge in [-0.15, -0.1) is 0 Å². The molecule has 4 nitrogen and oxygen atoms in total. The molecular weight excluding hydrogens is 376 g/mol.